The van der Waals surface area contributed by atoms with Gasteiger partial charge < -0.3 is 0 Å². The first-order valence-corrected chi connectivity index (χ1v) is 6.21. The van der Waals surface area contributed by atoms with Crippen molar-refractivity contribution in [2.24, 2.45) is 5.92 Å². The maximum absolute atomic E-state index is 11.9. The van der Waals surface area contributed by atoms with Gasteiger partial charge in [0.2, 0.25) is 0 Å². The largest absolute Gasteiger partial charge is 0.291 e. The number of rotatable bonds is 2. The maximum atomic E-state index is 11.9. The SMILES string of the molecule is CCC1C=C(n2ncc(Cl)c(Cl)c2=O)C=CC1. The highest BCUT2D eigenvalue weighted by Gasteiger charge is 2.13. The second kappa shape index (κ2) is 5.07. The predicted octanol–water partition coefficient (Wildman–Crippen LogP) is 3.38. The zero-order valence-corrected chi connectivity index (χ0v) is 10.9. The number of aromatic nitrogens is 2. The fourth-order valence-electron chi connectivity index (χ4n) is 1.75. The molecule has 17 heavy (non-hydrogen) atoms. The average molecular weight is 271 g/mol. The molecule has 1 heterocycles. The van der Waals surface area contributed by atoms with E-state index >= 15 is 0 Å². The van der Waals surface area contributed by atoms with Crippen molar-refractivity contribution in [2.75, 3.05) is 0 Å². The summed E-state index contributed by atoms with van der Waals surface area (Å²) in [6.07, 6.45) is 9.37. The molecule has 1 atom stereocenters. The molecule has 0 aliphatic heterocycles. The lowest BCUT2D eigenvalue weighted by molar-refractivity contribution is 0.627. The number of hydrogen-bond acceptors (Lipinski definition) is 2. The predicted molar refractivity (Wildman–Crippen MR) is 70.3 cm³/mol. The third-order valence-electron chi connectivity index (χ3n) is 2.78. The van der Waals surface area contributed by atoms with Crippen LogP contribution in [0.4, 0.5) is 0 Å². The van der Waals surface area contributed by atoms with Gasteiger partial charge in [0.25, 0.3) is 5.56 Å². The van der Waals surface area contributed by atoms with Crippen molar-refractivity contribution in [1.82, 2.24) is 9.78 Å². The van der Waals surface area contributed by atoms with Gasteiger partial charge in [0.15, 0.2) is 0 Å². The van der Waals surface area contributed by atoms with Crippen LogP contribution in [0.25, 0.3) is 5.70 Å². The van der Waals surface area contributed by atoms with Gasteiger partial charge in [0.1, 0.15) is 5.02 Å². The van der Waals surface area contributed by atoms with Gasteiger partial charge in [-0.3, -0.25) is 4.79 Å². The lowest BCUT2D eigenvalue weighted by Crippen LogP contribution is -2.23. The van der Waals surface area contributed by atoms with Crippen LogP contribution in [-0.4, -0.2) is 9.78 Å². The molecule has 0 fully saturated rings. The maximum Gasteiger partial charge on any atom is 0.291 e. The Balaban J connectivity index is 2.48. The molecule has 0 N–H and O–H groups in total. The van der Waals surface area contributed by atoms with Gasteiger partial charge in [-0.15, -0.1) is 0 Å². The first-order chi connectivity index (χ1) is 8.13. The molecular formula is C12H12Cl2N2O. The fraction of sp³-hybridized carbons (Fsp3) is 0.333. The van der Waals surface area contributed by atoms with Gasteiger partial charge in [0.05, 0.1) is 16.9 Å². The number of nitrogens with zero attached hydrogens (tertiary/aromatic N) is 2. The normalized spacial score (nSPS) is 19.2. The minimum Gasteiger partial charge on any atom is -0.266 e. The van der Waals surface area contributed by atoms with Crippen LogP contribution < -0.4 is 5.56 Å². The Morgan fingerprint density at radius 1 is 1.53 bits per heavy atom. The minimum atomic E-state index is -0.383. The molecule has 0 aromatic carbocycles. The van der Waals surface area contributed by atoms with Crippen LogP contribution in [0.2, 0.25) is 10.0 Å². The quantitative estimate of drug-likeness (QED) is 0.826. The average Bonchev–Trinajstić information content (AvgIpc) is 2.36. The third-order valence-corrected chi connectivity index (χ3v) is 3.53. The molecule has 1 aliphatic carbocycles. The second-order valence-electron chi connectivity index (χ2n) is 3.92. The van der Waals surface area contributed by atoms with Crippen LogP contribution in [-0.2, 0) is 0 Å². The van der Waals surface area contributed by atoms with Crippen molar-refractivity contribution in [2.45, 2.75) is 19.8 Å². The molecular weight excluding hydrogens is 259 g/mol. The summed E-state index contributed by atoms with van der Waals surface area (Å²) >= 11 is 11.6. The molecule has 1 aromatic rings. The van der Waals surface area contributed by atoms with E-state index in [4.69, 9.17) is 23.2 Å². The monoisotopic (exact) mass is 270 g/mol. The van der Waals surface area contributed by atoms with Crippen LogP contribution in [0.15, 0.2) is 29.2 Å². The van der Waals surface area contributed by atoms with E-state index in [1.807, 2.05) is 18.2 Å². The van der Waals surface area contributed by atoms with Crippen molar-refractivity contribution >= 4 is 28.9 Å². The van der Waals surface area contributed by atoms with E-state index in [2.05, 4.69) is 12.0 Å². The molecule has 1 aliphatic rings. The van der Waals surface area contributed by atoms with Gasteiger partial charge >= 0.3 is 0 Å². The van der Waals surface area contributed by atoms with Crippen LogP contribution in [0.5, 0.6) is 0 Å². The molecule has 5 heteroatoms. The summed E-state index contributed by atoms with van der Waals surface area (Å²) in [6.45, 7) is 2.11. The molecule has 0 amide bonds. The summed E-state index contributed by atoms with van der Waals surface area (Å²) in [7, 11) is 0. The van der Waals surface area contributed by atoms with Crippen LogP contribution >= 0.6 is 23.2 Å². The van der Waals surface area contributed by atoms with E-state index in [0.29, 0.717) is 5.92 Å². The van der Waals surface area contributed by atoms with Crippen molar-refractivity contribution in [3.05, 3.63) is 44.8 Å². The van der Waals surface area contributed by atoms with Crippen molar-refractivity contribution < 1.29 is 0 Å². The Labute approximate surface area is 109 Å². The topological polar surface area (TPSA) is 34.9 Å². The van der Waals surface area contributed by atoms with E-state index in [9.17, 15) is 4.79 Å². The number of halogens is 2. The smallest absolute Gasteiger partial charge is 0.266 e. The molecule has 1 aromatic heterocycles. The van der Waals surface area contributed by atoms with Crippen molar-refractivity contribution in [3.63, 3.8) is 0 Å². The minimum absolute atomic E-state index is 0.00888. The Morgan fingerprint density at radius 2 is 2.29 bits per heavy atom. The first kappa shape index (κ1) is 12.4. The highest BCUT2D eigenvalue weighted by atomic mass is 35.5. The zero-order valence-electron chi connectivity index (χ0n) is 9.36. The van der Waals surface area contributed by atoms with Crippen molar-refractivity contribution in [3.8, 4) is 0 Å². The molecule has 0 saturated heterocycles. The molecule has 0 bridgehead atoms. The van der Waals surface area contributed by atoms with Gasteiger partial charge in [-0.2, -0.15) is 9.78 Å². The second-order valence-corrected chi connectivity index (χ2v) is 4.71. The lowest BCUT2D eigenvalue weighted by atomic mass is 9.97. The molecule has 0 saturated carbocycles. The summed E-state index contributed by atoms with van der Waals surface area (Å²) in [5.74, 6) is 0.443. The summed E-state index contributed by atoms with van der Waals surface area (Å²) < 4.78 is 1.28. The molecule has 0 radical (unpaired) electrons. The Hall–Kier alpha value is -1.06. The third kappa shape index (κ3) is 2.45. The van der Waals surface area contributed by atoms with E-state index in [1.165, 1.54) is 10.9 Å². The van der Waals surface area contributed by atoms with Crippen LogP contribution in [0, 0.1) is 5.92 Å². The Bertz CT molecular complexity index is 546. The Kier molecular flexibility index (Phi) is 3.69. The standard InChI is InChI=1S/C12H12Cl2N2O/c1-2-8-4-3-5-9(6-8)16-12(17)11(14)10(13)7-15-16/h3,5-8H,2,4H2,1H3. The number of allylic oxidation sites excluding steroid dienone is 4. The van der Waals surface area contributed by atoms with E-state index in [0.717, 1.165) is 18.5 Å². The summed E-state index contributed by atoms with van der Waals surface area (Å²) in [6, 6.07) is 0. The number of hydrogen-bond donors (Lipinski definition) is 0. The van der Waals surface area contributed by atoms with E-state index < -0.39 is 0 Å². The summed E-state index contributed by atoms with van der Waals surface area (Å²) in [5.41, 5.74) is 0.374. The zero-order chi connectivity index (χ0) is 12.4. The first-order valence-electron chi connectivity index (χ1n) is 5.45. The van der Waals surface area contributed by atoms with Gasteiger partial charge in [-0.1, -0.05) is 42.3 Å². The molecule has 0 spiro atoms. The van der Waals surface area contributed by atoms with Crippen molar-refractivity contribution in [1.29, 1.82) is 0 Å². The van der Waals surface area contributed by atoms with Gasteiger partial charge in [-0.25, -0.2) is 0 Å². The molecule has 90 valence electrons. The van der Waals surface area contributed by atoms with Crippen LogP contribution in [0.1, 0.15) is 19.8 Å². The summed E-state index contributed by atoms with van der Waals surface area (Å²) in [5, 5.41) is 4.19. The van der Waals surface area contributed by atoms with Gasteiger partial charge in [0, 0.05) is 0 Å². The Morgan fingerprint density at radius 3 is 3.00 bits per heavy atom. The summed E-state index contributed by atoms with van der Waals surface area (Å²) in [4.78, 5) is 11.9. The highest BCUT2D eigenvalue weighted by molar-refractivity contribution is 6.41. The fourth-order valence-corrected chi connectivity index (χ4v) is 2.00. The lowest BCUT2D eigenvalue weighted by Gasteiger charge is -2.15. The molecule has 1 unspecified atom stereocenters. The van der Waals surface area contributed by atoms with E-state index in [-0.39, 0.29) is 15.6 Å². The van der Waals surface area contributed by atoms with E-state index in [1.54, 1.807) is 0 Å². The van der Waals surface area contributed by atoms with Crippen LogP contribution in [0.3, 0.4) is 0 Å². The van der Waals surface area contributed by atoms with Gasteiger partial charge in [-0.05, 0) is 24.8 Å². The highest BCUT2D eigenvalue weighted by Crippen LogP contribution is 2.22. The molecule has 3 nitrogen and oxygen atoms in total. The molecule has 2 rings (SSSR count).